The highest BCUT2D eigenvalue weighted by Crippen LogP contribution is 2.24. The molecule has 1 N–H and O–H groups in total. The number of rotatable bonds is 3. The highest BCUT2D eigenvalue weighted by Gasteiger charge is 2.16. The van der Waals surface area contributed by atoms with Gasteiger partial charge in [0.05, 0.1) is 11.3 Å². The van der Waals surface area contributed by atoms with Crippen LogP contribution >= 0.6 is 23.2 Å². The van der Waals surface area contributed by atoms with E-state index in [0.717, 1.165) is 0 Å². The molecular formula is C13H13Cl2N3O2. The molecule has 2 heterocycles. The molecule has 0 saturated carbocycles. The second-order valence-corrected chi connectivity index (χ2v) is 4.97. The molecule has 0 radical (unpaired) electrons. The lowest BCUT2D eigenvalue weighted by Gasteiger charge is -2.07. The van der Waals surface area contributed by atoms with Crippen molar-refractivity contribution in [3.8, 4) is 0 Å². The third-order valence-electron chi connectivity index (χ3n) is 2.93. The smallest absolute Gasteiger partial charge is 0.258 e. The van der Waals surface area contributed by atoms with Crippen LogP contribution in [0.1, 0.15) is 17.3 Å². The average Bonchev–Trinajstić information content (AvgIpc) is 2.68. The summed E-state index contributed by atoms with van der Waals surface area (Å²) in [7, 11) is 1.67. The Hall–Kier alpha value is -1.72. The van der Waals surface area contributed by atoms with Crippen molar-refractivity contribution in [3.63, 3.8) is 0 Å². The number of carbonyl (C=O) groups excluding carboxylic acids is 1. The molecular weight excluding hydrogens is 301 g/mol. The molecule has 0 unspecified atom stereocenters. The van der Waals surface area contributed by atoms with E-state index in [0.29, 0.717) is 17.4 Å². The zero-order valence-electron chi connectivity index (χ0n) is 11.0. The number of pyridine rings is 1. The third-order valence-corrected chi connectivity index (χ3v) is 3.75. The Labute approximate surface area is 125 Å². The van der Waals surface area contributed by atoms with Gasteiger partial charge < -0.3 is 14.5 Å². The van der Waals surface area contributed by atoms with E-state index in [4.69, 9.17) is 23.2 Å². The normalized spacial score (nSPS) is 10.6. The van der Waals surface area contributed by atoms with Crippen molar-refractivity contribution >= 4 is 34.8 Å². The fourth-order valence-corrected chi connectivity index (χ4v) is 2.23. The van der Waals surface area contributed by atoms with Crippen molar-refractivity contribution < 1.29 is 4.79 Å². The van der Waals surface area contributed by atoms with Crippen LogP contribution in [0.25, 0.3) is 0 Å². The van der Waals surface area contributed by atoms with Crippen LogP contribution in [0.3, 0.4) is 0 Å². The predicted octanol–water partition coefficient (Wildman–Crippen LogP) is 2.77. The van der Waals surface area contributed by atoms with Crippen molar-refractivity contribution in [2.45, 2.75) is 13.5 Å². The van der Waals surface area contributed by atoms with Crippen LogP contribution in [0, 0.1) is 0 Å². The largest absolute Gasteiger partial charge is 0.325 e. The van der Waals surface area contributed by atoms with Gasteiger partial charge >= 0.3 is 0 Å². The van der Waals surface area contributed by atoms with Gasteiger partial charge in [0.2, 0.25) is 0 Å². The first-order valence-corrected chi connectivity index (χ1v) is 6.72. The van der Waals surface area contributed by atoms with Crippen molar-refractivity contribution in [2.24, 2.45) is 7.05 Å². The molecule has 0 fully saturated rings. The topological polar surface area (TPSA) is 56.0 Å². The molecule has 0 atom stereocenters. The molecule has 7 heteroatoms. The zero-order valence-corrected chi connectivity index (χ0v) is 12.5. The van der Waals surface area contributed by atoms with Gasteiger partial charge in [-0.25, -0.2) is 0 Å². The lowest BCUT2D eigenvalue weighted by Crippen LogP contribution is -2.19. The molecule has 0 bridgehead atoms. The van der Waals surface area contributed by atoms with Crippen LogP contribution in [-0.4, -0.2) is 15.0 Å². The molecule has 20 heavy (non-hydrogen) atoms. The standard InChI is InChI=1S/C13H13Cl2N3O2/c1-3-18-7-8(4-5-11(18)19)16-13(20)9-6-10(14)17(2)12(9)15/h4-7H,3H2,1-2H3,(H,16,20). The Kier molecular flexibility index (Phi) is 4.20. The predicted molar refractivity (Wildman–Crippen MR) is 79.8 cm³/mol. The first-order chi connectivity index (χ1) is 9.43. The van der Waals surface area contributed by atoms with Gasteiger partial charge in [0.1, 0.15) is 10.3 Å². The number of aromatic nitrogens is 2. The summed E-state index contributed by atoms with van der Waals surface area (Å²) in [5, 5.41) is 3.32. The van der Waals surface area contributed by atoms with E-state index in [1.165, 1.54) is 21.3 Å². The molecule has 2 rings (SSSR count). The Bertz CT molecular complexity index is 719. The minimum atomic E-state index is -0.376. The van der Waals surface area contributed by atoms with Gasteiger partial charge in [-0.05, 0) is 19.1 Å². The lowest BCUT2D eigenvalue weighted by atomic mass is 10.3. The molecule has 5 nitrogen and oxygen atoms in total. The van der Waals surface area contributed by atoms with Crippen LogP contribution < -0.4 is 10.9 Å². The monoisotopic (exact) mass is 313 g/mol. The van der Waals surface area contributed by atoms with Crippen LogP contribution in [-0.2, 0) is 13.6 Å². The van der Waals surface area contributed by atoms with E-state index >= 15 is 0 Å². The quantitative estimate of drug-likeness (QED) is 0.947. The molecule has 0 aliphatic rings. The van der Waals surface area contributed by atoms with Gasteiger partial charge in [0.15, 0.2) is 0 Å². The van der Waals surface area contributed by atoms with Gasteiger partial charge in [-0.15, -0.1) is 0 Å². The molecule has 1 amide bonds. The van der Waals surface area contributed by atoms with Crippen LogP contribution in [0.2, 0.25) is 10.3 Å². The maximum absolute atomic E-state index is 12.1. The summed E-state index contributed by atoms with van der Waals surface area (Å²) in [6.45, 7) is 2.38. The molecule has 0 aliphatic carbocycles. The van der Waals surface area contributed by atoms with Crippen molar-refractivity contribution in [1.82, 2.24) is 9.13 Å². The number of amides is 1. The van der Waals surface area contributed by atoms with Gasteiger partial charge in [-0.1, -0.05) is 23.2 Å². The van der Waals surface area contributed by atoms with Crippen molar-refractivity contribution in [3.05, 3.63) is 50.6 Å². The van der Waals surface area contributed by atoms with E-state index in [1.54, 1.807) is 19.3 Å². The van der Waals surface area contributed by atoms with Gasteiger partial charge in [0.25, 0.3) is 11.5 Å². The fraction of sp³-hybridized carbons (Fsp3) is 0.231. The first-order valence-electron chi connectivity index (χ1n) is 5.96. The lowest BCUT2D eigenvalue weighted by molar-refractivity contribution is 0.102. The number of hydrogen-bond donors (Lipinski definition) is 1. The summed E-state index contributed by atoms with van der Waals surface area (Å²) in [5.74, 6) is -0.376. The number of nitrogens with zero attached hydrogens (tertiary/aromatic N) is 2. The minimum Gasteiger partial charge on any atom is -0.325 e. The first kappa shape index (κ1) is 14.7. The van der Waals surface area contributed by atoms with E-state index in [-0.39, 0.29) is 22.2 Å². The number of halogens is 2. The molecule has 0 saturated heterocycles. The van der Waals surface area contributed by atoms with Gasteiger partial charge in [-0.3, -0.25) is 9.59 Å². The SMILES string of the molecule is CCn1cc(NC(=O)c2cc(Cl)n(C)c2Cl)ccc1=O. The van der Waals surface area contributed by atoms with Crippen LogP contribution in [0.15, 0.2) is 29.2 Å². The zero-order chi connectivity index (χ0) is 14.9. The molecule has 2 aromatic heterocycles. The van der Waals surface area contributed by atoms with Crippen molar-refractivity contribution in [1.29, 1.82) is 0 Å². The Morgan fingerprint density at radius 2 is 2.05 bits per heavy atom. The summed E-state index contributed by atoms with van der Waals surface area (Å²) in [6.07, 6.45) is 1.58. The van der Waals surface area contributed by atoms with E-state index in [2.05, 4.69) is 5.32 Å². The van der Waals surface area contributed by atoms with Crippen LogP contribution in [0.5, 0.6) is 0 Å². The maximum atomic E-state index is 12.1. The third kappa shape index (κ3) is 2.73. The summed E-state index contributed by atoms with van der Waals surface area (Å²) < 4.78 is 3.00. The summed E-state index contributed by atoms with van der Waals surface area (Å²) in [4.78, 5) is 23.6. The molecule has 0 spiro atoms. The summed E-state index contributed by atoms with van der Waals surface area (Å²) in [6, 6.07) is 4.44. The van der Waals surface area contributed by atoms with E-state index < -0.39 is 0 Å². The van der Waals surface area contributed by atoms with E-state index in [1.807, 2.05) is 6.92 Å². The van der Waals surface area contributed by atoms with Crippen molar-refractivity contribution in [2.75, 3.05) is 5.32 Å². The number of anilines is 1. The second-order valence-electron chi connectivity index (χ2n) is 4.23. The molecule has 0 aliphatic heterocycles. The van der Waals surface area contributed by atoms with E-state index in [9.17, 15) is 9.59 Å². The Balaban J connectivity index is 2.28. The Morgan fingerprint density at radius 3 is 2.60 bits per heavy atom. The van der Waals surface area contributed by atoms with Crippen LogP contribution in [0.4, 0.5) is 5.69 Å². The highest BCUT2D eigenvalue weighted by atomic mass is 35.5. The average molecular weight is 314 g/mol. The molecule has 106 valence electrons. The number of aryl methyl sites for hydroxylation is 1. The maximum Gasteiger partial charge on any atom is 0.258 e. The highest BCUT2D eigenvalue weighted by molar-refractivity contribution is 6.36. The molecule has 0 aromatic carbocycles. The minimum absolute atomic E-state index is 0.119. The number of hydrogen-bond acceptors (Lipinski definition) is 2. The summed E-state index contributed by atoms with van der Waals surface area (Å²) >= 11 is 11.9. The van der Waals surface area contributed by atoms with Gasteiger partial charge in [-0.2, -0.15) is 0 Å². The molecule has 2 aromatic rings. The summed E-state index contributed by atoms with van der Waals surface area (Å²) in [5.41, 5.74) is 0.687. The number of nitrogens with one attached hydrogen (secondary N) is 1. The number of carbonyl (C=O) groups is 1. The second kappa shape index (κ2) is 5.73. The Morgan fingerprint density at radius 1 is 1.35 bits per heavy atom. The fourth-order valence-electron chi connectivity index (χ4n) is 1.76. The van der Waals surface area contributed by atoms with Gasteiger partial charge in [0, 0.05) is 25.9 Å².